The van der Waals surface area contributed by atoms with Crippen molar-refractivity contribution in [3.63, 3.8) is 0 Å². The van der Waals surface area contributed by atoms with Gasteiger partial charge in [-0.15, -0.1) is 10.2 Å². The minimum atomic E-state index is -0.557. The van der Waals surface area contributed by atoms with Crippen LogP contribution in [0.3, 0.4) is 0 Å². The number of anilines is 1. The Hall–Kier alpha value is -3.50. The van der Waals surface area contributed by atoms with Crippen molar-refractivity contribution < 1.29 is 14.4 Å². The fraction of sp³-hybridized carbons (Fsp3) is 0.286. The molecule has 11 heteroatoms. The van der Waals surface area contributed by atoms with Gasteiger partial charge in [-0.3, -0.25) is 19.9 Å². The molecule has 0 atom stereocenters. The van der Waals surface area contributed by atoms with Crippen molar-refractivity contribution in [2.24, 2.45) is 5.10 Å². The van der Waals surface area contributed by atoms with Crippen LogP contribution in [-0.2, 0) is 0 Å². The van der Waals surface area contributed by atoms with Gasteiger partial charge >= 0.3 is 5.69 Å². The lowest BCUT2D eigenvalue weighted by Gasteiger charge is -2.11. The largest absolute Gasteiger partial charge is 0.493 e. The van der Waals surface area contributed by atoms with E-state index in [9.17, 15) is 14.9 Å². The van der Waals surface area contributed by atoms with Gasteiger partial charge in [0.2, 0.25) is 11.7 Å². The smallest absolute Gasteiger partial charge is 0.315 e. The molecule has 0 aliphatic heterocycles. The van der Waals surface area contributed by atoms with Crippen molar-refractivity contribution in [2.75, 3.05) is 19.1 Å². The van der Waals surface area contributed by atoms with Crippen molar-refractivity contribution in [3.05, 3.63) is 44.4 Å². The van der Waals surface area contributed by atoms with E-state index in [4.69, 9.17) is 9.47 Å². The Kier molecular flexibility index (Phi) is 5.98. The Morgan fingerprint density at radius 2 is 2.28 bits per heavy atom. The second-order valence-electron chi connectivity index (χ2n) is 4.73. The average Bonchev–Trinajstić information content (AvgIpc) is 2.59. The lowest BCUT2D eigenvalue weighted by Crippen LogP contribution is -2.10. The molecule has 0 bridgehead atoms. The maximum atomic E-state index is 11.3. The molecular formula is C14H16N6O5. The lowest BCUT2D eigenvalue weighted by molar-refractivity contribution is -0.386. The molecule has 0 saturated carbocycles. The molecule has 0 unspecified atom stereocenters. The van der Waals surface area contributed by atoms with Gasteiger partial charge in [0.25, 0.3) is 5.56 Å². The number of aromatic amines is 1. The van der Waals surface area contributed by atoms with Crippen LogP contribution in [0.5, 0.6) is 11.5 Å². The molecule has 1 heterocycles. The lowest BCUT2D eigenvalue weighted by atomic mass is 10.2. The fourth-order valence-corrected chi connectivity index (χ4v) is 1.85. The van der Waals surface area contributed by atoms with Crippen molar-refractivity contribution in [3.8, 4) is 11.5 Å². The quantitative estimate of drug-likeness (QED) is 0.413. The molecular weight excluding hydrogens is 332 g/mol. The predicted octanol–water partition coefficient (Wildman–Crippen LogP) is 1.32. The molecule has 25 heavy (non-hydrogen) atoms. The van der Waals surface area contributed by atoms with Crippen LogP contribution in [0.4, 0.5) is 11.6 Å². The Balaban J connectivity index is 2.28. The van der Waals surface area contributed by atoms with Crippen molar-refractivity contribution >= 4 is 17.9 Å². The van der Waals surface area contributed by atoms with Crippen LogP contribution in [0, 0.1) is 10.1 Å². The van der Waals surface area contributed by atoms with Gasteiger partial charge in [-0.1, -0.05) is 6.92 Å². The highest BCUT2D eigenvalue weighted by molar-refractivity contribution is 5.83. The van der Waals surface area contributed by atoms with Crippen LogP contribution in [0.2, 0.25) is 0 Å². The monoisotopic (exact) mass is 348 g/mol. The Morgan fingerprint density at radius 1 is 1.48 bits per heavy atom. The fourth-order valence-electron chi connectivity index (χ4n) is 1.85. The van der Waals surface area contributed by atoms with E-state index in [1.165, 1.54) is 19.4 Å². The molecule has 2 N–H and O–H groups in total. The van der Waals surface area contributed by atoms with Crippen molar-refractivity contribution in [1.82, 2.24) is 15.2 Å². The van der Waals surface area contributed by atoms with Gasteiger partial charge in [0.05, 0.1) is 24.9 Å². The molecule has 1 aromatic carbocycles. The number of methoxy groups -OCH3 is 1. The van der Waals surface area contributed by atoms with Crippen molar-refractivity contribution in [1.29, 1.82) is 0 Å². The van der Waals surface area contributed by atoms with Crippen LogP contribution in [0.1, 0.15) is 18.9 Å². The van der Waals surface area contributed by atoms with Crippen LogP contribution in [0.25, 0.3) is 0 Å². The summed E-state index contributed by atoms with van der Waals surface area (Å²) in [4.78, 5) is 24.2. The van der Waals surface area contributed by atoms with E-state index in [2.05, 4.69) is 25.7 Å². The summed E-state index contributed by atoms with van der Waals surface area (Å²) in [6.07, 6.45) is 3.02. The Labute approximate surface area is 141 Å². The van der Waals surface area contributed by atoms with Crippen LogP contribution in [-0.4, -0.2) is 40.0 Å². The summed E-state index contributed by atoms with van der Waals surface area (Å²) in [5.74, 6) is 0.322. The number of aromatic nitrogens is 3. The molecule has 0 aliphatic carbocycles. The van der Waals surface area contributed by atoms with E-state index in [-0.39, 0.29) is 23.1 Å². The van der Waals surface area contributed by atoms with Gasteiger partial charge in [-0.2, -0.15) is 5.10 Å². The van der Waals surface area contributed by atoms with Gasteiger partial charge in [-0.05, 0) is 12.5 Å². The number of hydrogen-bond donors (Lipinski definition) is 2. The highest BCUT2D eigenvalue weighted by atomic mass is 16.6. The van der Waals surface area contributed by atoms with E-state index in [0.29, 0.717) is 18.6 Å². The summed E-state index contributed by atoms with van der Waals surface area (Å²) in [5.41, 5.74) is 2.19. The first-order chi connectivity index (χ1) is 12.0. The van der Waals surface area contributed by atoms with Crippen LogP contribution >= 0.6 is 0 Å². The molecule has 11 nitrogen and oxygen atoms in total. The predicted molar refractivity (Wildman–Crippen MR) is 89.3 cm³/mol. The van der Waals surface area contributed by atoms with Gasteiger partial charge in [-0.25, -0.2) is 5.43 Å². The highest BCUT2D eigenvalue weighted by Crippen LogP contribution is 2.38. The second-order valence-corrected chi connectivity index (χ2v) is 4.73. The molecule has 1 aromatic heterocycles. The number of hydrazone groups is 1. The van der Waals surface area contributed by atoms with Gasteiger partial charge in [0, 0.05) is 11.6 Å². The maximum Gasteiger partial charge on any atom is 0.315 e. The number of benzene rings is 1. The molecule has 2 aromatic rings. The molecule has 132 valence electrons. The number of nitrogens with zero attached hydrogens (tertiary/aromatic N) is 4. The molecule has 0 amide bonds. The van der Waals surface area contributed by atoms with E-state index < -0.39 is 10.5 Å². The first kappa shape index (κ1) is 17.8. The number of rotatable bonds is 8. The average molecular weight is 348 g/mol. The SMILES string of the molecule is CCCOc1c(OC)cc(/C=N/Nc2nncc(=O)[nH]2)cc1[N+](=O)[O-]. The summed E-state index contributed by atoms with van der Waals surface area (Å²) in [6.45, 7) is 2.22. The number of nitro benzene ring substituents is 1. The van der Waals surface area contributed by atoms with Gasteiger partial charge in [0.1, 0.15) is 6.20 Å². The first-order valence-electron chi connectivity index (χ1n) is 7.25. The van der Waals surface area contributed by atoms with E-state index in [0.717, 1.165) is 6.20 Å². The zero-order valence-corrected chi connectivity index (χ0v) is 13.6. The number of hydrogen-bond acceptors (Lipinski definition) is 9. The third-order valence-electron chi connectivity index (χ3n) is 2.88. The van der Waals surface area contributed by atoms with Crippen LogP contribution < -0.4 is 20.5 Å². The summed E-state index contributed by atoms with van der Waals surface area (Å²) in [6, 6.07) is 2.85. The Bertz CT molecular complexity index is 835. The number of ether oxygens (including phenoxy) is 2. The summed E-state index contributed by atoms with van der Waals surface area (Å²) in [7, 11) is 1.39. The molecule has 0 spiro atoms. The topological polar surface area (TPSA) is 145 Å². The summed E-state index contributed by atoms with van der Waals surface area (Å²) in [5, 5.41) is 22.2. The summed E-state index contributed by atoms with van der Waals surface area (Å²) >= 11 is 0. The minimum Gasteiger partial charge on any atom is -0.493 e. The van der Waals surface area contributed by atoms with E-state index in [1.807, 2.05) is 6.92 Å². The molecule has 0 fully saturated rings. The second kappa shape index (κ2) is 8.38. The summed E-state index contributed by atoms with van der Waals surface area (Å²) < 4.78 is 10.6. The third kappa shape index (κ3) is 4.73. The van der Waals surface area contributed by atoms with Crippen LogP contribution in [0.15, 0.2) is 28.2 Å². The normalized spacial score (nSPS) is 10.6. The van der Waals surface area contributed by atoms with Gasteiger partial charge < -0.3 is 9.47 Å². The zero-order valence-electron chi connectivity index (χ0n) is 13.6. The number of nitrogens with one attached hydrogen (secondary N) is 2. The molecule has 0 saturated heterocycles. The first-order valence-corrected chi connectivity index (χ1v) is 7.25. The number of nitro groups is 1. The maximum absolute atomic E-state index is 11.3. The standard InChI is InChI=1S/C14H16N6O5/c1-3-4-25-13-10(20(22)23)5-9(6-11(13)24-2)7-15-18-14-17-12(21)8-16-19-14/h5-8H,3-4H2,1-2H3,(H2,17,18,19,21)/b15-7+. The molecule has 2 rings (SSSR count). The molecule has 0 aliphatic rings. The molecule has 0 radical (unpaired) electrons. The Morgan fingerprint density at radius 3 is 2.92 bits per heavy atom. The minimum absolute atomic E-state index is 0.0353. The van der Waals surface area contributed by atoms with E-state index in [1.54, 1.807) is 6.07 Å². The number of H-pyrrole nitrogens is 1. The van der Waals surface area contributed by atoms with Crippen molar-refractivity contribution in [2.45, 2.75) is 13.3 Å². The van der Waals surface area contributed by atoms with E-state index >= 15 is 0 Å². The third-order valence-corrected chi connectivity index (χ3v) is 2.88. The zero-order chi connectivity index (χ0) is 18.2. The van der Waals surface area contributed by atoms with Gasteiger partial charge in [0.15, 0.2) is 5.75 Å². The highest BCUT2D eigenvalue weighted by Gasteiger charge is 2.21.